The number of halogens is 1. The van der Waals surface area contributed by atoms with Gasteiger partial charge in [-0.3, -0.25) is 9.59 Å². The number of rotatable bonds is 5. The molecule has 0 bridgehead atoms. The van der Waals surface area contributed by atoms with Crippen LogP contribution in [0.1, 0.15) is 19.8 Å². The molecule has 2 aliphatic rings. The molecule has 2 saturated heterocycles. The monoisotopic (exact) mass is 383 g/mol. The number of anilines is 1. The molecule has 138 valence electrons. The second kappa shape index (κ2) is 9.46. The number of carbonyl (C=O) groups is 2. The van der Waals surface area contributed by atoms with Crippen molar-refractivity contribution in [3.8, 4) is 0 Å². The first-order valence-corrected chi connectivity index (χ1v) is 9.83. The quantitative estimate of drug-likeness (QED) is 0.846. The molecule has 2 fully saturated rings. The molecule has 1 aromatic rings. The lowest BCUT2D eigenvalue weighted by Gasteiger charge is -2.30. The van der Waals surface area contributed by atoms with E-state index in [1.165, 1.54) is 0 Å². The van der Waals surface area contributed by atoms with Crippen molar-refractivity contribution in [1.29, 1.82) is 0 Å². The van der Waals surface area contributed by atoms with E-state index in [4.69, 9.17) is 0 Å². The number of nitrogens with zero attached hydrogens (tertiary/aromatic N) is 2. The maximum atomic E-state index is 12.8. The Hall–Kier alpha value is -1.24. The molecule has 3 rings (SSSR count). The van der Waals surface area contributed by atoms with Gasteiger partial charge in [-0.15, -0.1) is 12.4 Å². The summed E-state index contributed by atoms with van der Waals surface area (Å²) in [7, 11) is 0. The van der Waals surface area contributed by atoms with Crippen LogP contribution in [0.25, 0.3) is 0 Å². The smallest absolute Gasteiger partial charge is 0.249 e. The first kappa shape index (κ1) is 20.1. The van der Waals surface area contributed by atoms with Crippen LogP contribution in [-0.2, 0) is 9.59 Å². The zero-order valence-corrected chi connectivity index (χ0v) is 16.2. The lowest BCUT2D eigenvalue weighted by Crippen LogP contribution is -2.48. The molecule has 1 N–H and O–H groups in total. The van der Waals surface area contributed by atoms with Crippen molar-refractivity contribution in [3.05, 3.63) is 30.3 Å². The Morgan fingerprint density at radius 3 is 2.76 bits per heavy atom. The van der Waals surface area contributed by atoms with E-state index in [2.05, 4.69) is 5.32 Å². The number of likely N-dealkylation sites (N-methyl/N-ethyl adjacent to an activating group) is 1. The van der Waals surface area contributed by atoms with E-state index in [1.807, 2.05) is 49.0 Å². The second-order valence-electron chi connectivity index (χ2n) is 6.24. The van der Waals surface area contributed by atoms with E-state index in [9.17, 15) is 9.59 Å². The number of hydrogen-bond donors (Lipinski definition) is 1. The van der Waals surface area contributed by atoms with Crippen molar-refractivity contribution in [2.24, 2.45) is 0 Å². The molecule has 0 radical (unpaired) electrons. The lowest BCUT2D eigenvalue weighted by atomic mass is 10.1. The molecule has 0 aromatic heterocycles. The minimum Gasteiger partial charge on any atom is -0.331 e. The summed E-state index contributed by atoms with van der Waals surface area (Å²) in [5.74, 6) is 2.21. The Balaban J connectivity index is 0.00000225. The highest BCUT2D eigenvalue weighted by Crippen LogP contribution is 2.25. The summed E-state index contributed by atoms with van der Waals surface area (Å²) in [5, 5.41) is 3.40. The molecule has 7 heteroatoms. The minimum atomic E-state index is -0.320. The van der Waals surface area contributed by atoms with Crippen molar-refractivity contribution >= 4 is 41.7 Å². The standard InChI is InChI=1S/C18H25N3O2S.ClH/c1-2-20(17(22)12-14-13-24-11-9-19-14)16-8-10-21(18(16)23)15-6-4-3-5-7-15;/h3-7,14,16,19H,2,8-13H2,1H3;1H. The third-order valence-corrected chi connectivity index (χ3v) is 5.83. The number of nitrogens with one attached hydrogen (secondary N) is 1. The van der Waals surface area contributed by atoms with Gasteiger partial charge in [0, 0.05) is 49.3 Å². The molecule has 2 unspecified atom stereocenters. The van der Waals surface area contributed by atoms with Crippen molar-refractivity contribution in [3.63, 3.8) is 0 Å². The van der Waals surface area contributed by atoms with Gasteiger partial charge in [-0.1, -0.05) is 18.2 Å². The van der Waals surface area contributed by atoms with E-state index in [0.29, 0.717) is 25.9 Å². The van der Waals surface area contributed by atoms with Crippen molar-refractivity contribution in [1.82, 2.24) is 10.2 Å². The van der Waals surface area contributed by atoms with Gasteiger partial charge in [0.25, 0.3) is 0 Å². The third kappa shape index (κ3) is 4.68. The summed E-state index contributed by atoms with van der Waals surface area (Å²) in [4.78, 5) is 29.1. The molecule has 2 heterocycles. The van der Waals surface area contributed by atoms with Gasteiger partial charge in [0.1, 0.15) is 6.04 Å². The molecule has 25 heavy (non-hydrogen) atoms. The van der Waals surface area contributed by atoms with Gasteiger partial charge < -0.3 is 15.1 Å². The van der Waals surface area contributed by atoms with Crippen molar-refractivity contribution in [2.75, 3.05) is 36.0 Å². The number of benzene rings is 1. The number of carbonyl (C=O) groups excluding carboxylic acids is 2. The maximum Gasteiger partial charge on any atom is 0.249 e. The van der Waals surface area contributed by atoms with Gasteiger partial charge in [0.05, 0.1) is 0 Å². The normalized spacial score (nSPS) is 23.2. The SMILES string of the molecule is CCN(C(=O)CC1CSCCN1)C1CCN(c2ccccc2)C1=O.Cl. The van der Waals surface area contributed by atoms with Gasteiger partial charge in [-0.2, -0.15) is 11.8 Å². The first-order valence-electron chi connectivity index (χ1n) is 8.67. The Bertz CT molecular complexity index is 581. The van der Waals surface area contributed by atoms with Crippen molar-refractivity contribution < 1.29 is 9.59 Å². The Labute approximate surface area is 159 Å². The van der Waals surface area contributed by atoms with Gasteiger partial charge in [-0.25, -0.2) is 0 Å². The predicted octanol–water partition coefficient (Wildman–Crippen LogP) is 2.16. The summed E-state index contributed by atoms with van der Waals surface area (Å²) in [6, 6.07) is 9.61. The fourth-order valence-corrected chi connectivity index (χ4v) is 4.42. The van der Waals surface area contributed by atoms with E-state index >= 15 is 0 Å². The Morgan fingerprint density at radius 2 is 2.12 bits per heavy atom. The number of thioether (sulfide) groups is 1. The van der Waals surface area contributed by atoms with Crippen molar-refractivity contribution in [2.45, 2.75) is 31.8 Å². The zero-order chi connectivity index (χ0) is 16.9. The predicted molar refractivity (Wildman–Crippen MR) is 106 cm³/mol. The van der Waals surface area contributed by atoms with Gasteiger partial charge in [0.2, 0.25) is 11.8 Å². The fraction of sp³-hybridized carbons (Fsp3) is 0.556. The van der Waals surface area contributed by atoms with Crippen LogP contribution in [0.3, 0.4) is 0 Å². The van der Waals surface area contributed by atoms with E-state index in [1.54, 1.807) is 9.80 Å². The fourth-order valence-electron chi connectivity index (χ4n) is 3.47. The molecule has 2 atom stereocenters. The molecule has 0 saturated carbocycles. The Kier molecular flexibility index (Phi) is 7.59. The van der Waals surface area contributed by atoms with Crippen LogP contribution in [0.2, 0.25) is 0 Å². The highest BCUT2D eigenvalue weighted by molar-refractivity contribution is 7.99. The highest BCUT2D eigenvalue weighted by atomic mass is 35.5. The molecule has 5 nitrogen and oxygen atoms in total. The number of amides is 2. The number of para-hydroxylation sites is 1. The zero-order valence-electron chi connectivity index (χ0n) is 14.5. The molecule has 0 spiro atoms. The van der Waals surface area contributed by atoms with Crippen LogP contribution < -0.4 is 10.2 Å². The molecule has 1 aromatic carbocycles. The molecule has 0 aliphatic carbocycles. The van der Waals surface area contributed by atoms with Crippen LogP contribution in [0.4, 0.5) is 5.69 Å². The Morgan fingerprint density at radius 1 is 1.36 bits per heavy atom. The minimum absolute atomic E-state index is 0. The summed E-state index contributed by atoms with van der Waals surface area (Å²) in [5.41, 5.74) is 0.916. The third-order valence-electron chi connectivity index (χ3n) is 4.70. The second-order valence-corrected chi connectivity index (χ2v) is 7.39. The van der Waals surface area contributed by atoms with E-state index in [0.717, 1.165) is 23.7 Å². The summed E-state index contributed by atoms with van der Waals surface area (Å²) in [6.07, 6.45) is 1.19. The summed E-state index contributed by atoms with van der Waals surface area (Å²) in [6.45, 7) is 4.17. The summed E-state index contributed by atoms with van der Waals surface area (Å²) < 4.78 is 0. The topological polar surface area (TPSA) is 52.7 Å². The molecular weight excluding hydrogens is 358 g/mol. The maximum absolute atomic E-state index is 12.8. The average Bonchev–Trinajstić information content (AvgIpc) is 2.99. The van der Waals surface area contributed by atoms with Crippen LogP contribution in [0.15, 0.2) is 30.3 Å². The summed E-state index contributed by atoms with van der Waals surface area (Å²) >= 11 is 1.89. The first-order chi connectivity index (χ1) is 11.7. The van der Waals surface area contributed by atoms with Crippen LogP contribution in [-0.4, -0.2) is 59.9 Å². The van der Waals surface area contributed by atoms with E-state index in [-0.39, 0.29) is 36.3 Å². The van der Waals surface area contributed by atoms with Gasteiger partial charge in [-0.05, 0) is 25.5 Å². The molecular formula is C18H26ClN3O2S. The average molecular weight is 384 g/mol. The van der Waals surface area contributed by atoms with Crippen LogP contribution >= 0.6 is 24.2 Å². The molecule has 2 amide bonds. The van der Waals surface area contributed by atoms with Crippen LogP contribution in [0, 0.1) is 0 Å². The van der Waals surface area contributed by atoms with Gasteiger partial charge in [0.15, 0.2) is 0 Å². The lowest BCUT2D eigenvalue weighted by molar-refractivity contribution is -0.138. The van der Waals surface area contributed by atoms with E-state index < -0.39 is 0 Å². The van der Waals surface area contributed by atoms with Crippen LogP contribution in [0.5, 0.6) is 0 Å². The highest BCUT2D eigenvalue weighted by Gasteiger charge is 2.38. The van der Waals surface area contributed by atoms with Gasteiger partial charge >= 0.3 is 0 Å². The largest absolute Gasteiger partial charge is 0.331 e. The number of hydrogen-bond acceptors (Lipinski definition) is 4. The molecule has 2 aliphatic heterocycles.